The molecule has 0 radical (unpaired) electrons. The van der Waals surface area contributed by atoms with Gasteiger partial charge in [-0.2, -0.15) is 0 Å². The van der Waals surface area contributed by atoms with Gasteiger partial charge in [-0.1, -0.05) is 24.3 Å². The van der Waals surface area contributed by atoms with E-state index in [1.807, 2.05) is 60.1 Å². The van der Waals surface area contributed by atoms with Crippen molar-refractivity contribution in [2.75, 3.05) is 18.5 Å². The molecule has 0 aliphatic carbocycles. The topological polar surface area (TPSA) is 55.6 Å². The number of hydrogen-bond donors (Lipinski definition) is 1. The third-order valence-corrected chi connectivity index (χ3v) is 4.44. The molecule has 122 valence electrons. The predicted octanol–water partition coefficient (Wildman–Crippen LogP) is 3.28. The van der Waals surface area contributed by atoms with Gasteiger partial charge < -0.3 is 14.5 Å². The summed E-state index contributed by atoms with van der Waals surface area (Å²) >= 11 is 0. The molecule has 5 nitrogen and oxygen atoms in total. The summed E-state index contributed by atoms with van der Waals surface area (Å²) in [6.45, 7) is 3.20. The van der Waals surface area contributed by atoms with Gasteiger partial charge in [-0.15, -0.1) is 0 Å². The Kier molecular flexibility index (Phi) is 3.78. The summed E-state index contributed by atoms with van der Waals surface area (Å²) in [7, 11) is 0. The maximum atomic E-state index is 12.4. The molecule has 3 aromatic rings. The van der Waals surface area contributed by atoms with Crippen LogP contribution >= 0.6 is 0 Å². The van der Waals surface area contributed by atoms with Gasteiger partial charge in [-0.25, -0.2) is 4.98 Å². The Bertz CT molecular complexity index is 895. The van der Waals surface area contributed by atoms with Crippen LogP contribution in [0.4, 0.5) is 5.69 Å². The highest BCUT2D eigenvalue weighted by Crippen LogP contribution is 2.29. The van der Waals surface area contributed by atoms with E-state index in [1.165, 1.54) is 0 Å². The van der Waals surface area contributed by atoms with Crippen molar-refractivity contribution >= 4 is 17.2 Å². The molecule has 0 bridgehead atoms. The second-order valence-electron chi connectivity index (χ2n) is 6.14. The van der Waals surface area contributed by atoms with Gasteiger partial charge in [-0.05, 0) is 31.0 Å². The first-order valence-corrected chi connectivity index (χ1v) is 8.15. The molecule has 24 heavy (non-hydrogen) atoms. The summed E-state index contributed by atoms with van der Waals surface area (Å²) in [6.07, 6.45) is 4.75. The van der Waals surface area contributed by atoms with Crippen molar-refractivity contribution in [3.05, 3.63) is 54.4 Å². The number of hydrogen-bond acceptors (Lipinski definition) is 3. The smallest absolute Gasteiger partial charge is 0.229 e. The first kappa shape index (κ1) is 14.9. The van der Waals surface area contributed by atoms with Crippen molar-refractivity contribution < 1.29 is 9.53 Å². The minimum absolute atomic E-state index is 0.0138. The molecule has 1 saturated heterocycles. The van der Waals surface area contributed by atoms with Crippen LogP contribution in [-0.4, -0.2) is 28.5 Å². The number of ether oxygens (including phenoxy) is 1. The van der Waals surface area contributed by atoms with Crippen molar-refractivity contribution in [1.29, 1.82) is 0 Å². The lowest BCUT2D eigenvalue weighted by atomic mass is 10.1. The van der Waals surface area contributed by atoms with Crippen LogP contribution in [0.25, 0.3) is 16.9 Å². The van der Waals surface area contributed by atoms with Gasteiger partial charge in [0.05, 0.1) is 23.9 Å². The lowest BCUT2D eigenvalue weighted by Crippen LogP contribution is -2.23. The molecular weight excluding hydrogens is 302 g/mol. The fraction of sp³-hybridized carbons (Fsp3) is 0.263. The first-order chi connectivity index (χ1) is 11.7. The van der Waals surface area contributed by atoms with Crippen LogP contribution in [0.15, 0.2) is 48.8 Å². The number of pyridine rings is 1. The third kappa shape index (κ3) is 2.67. The number of aromatic nitrogens is 2. The number of aryl methyl sites for hydroxylation is 1. The average molecular weight is 321 g/mol. The fourth-order valence-electron chi connectivity index (χ4n) is 3.07. The number of fused-ring (bicyclic) bond motifs is 1. The van der Waals surface area contributed by atoms with E-state index in [0.717, 1.165) is 34.6 Å². The summed E-state index contributed by atoms with van der Waals surface area (Å²) in [4.78, 5) is 17.1. The van der Waals surface area contributed by atoms with E-state index in [2.05, 4.69) is 5.32 Å². The number of amides is 1. The highest BCUT2D eigenvalue weighted by Gasteiger charge is 2.24. The Labute approximate surface area is 140 Å². The number of carbonyl (C=O) groups is 1. The standard InChI is InChI=1S/C19H19N3O2/c1-13-5-4-9-22-11-17(20-18(13)22)15-6-2-3-7-16(15)21-19(23)14-8-10-24-12-14/h2-7,9,11,14H,8,10,12H2,1H3,(H,21,23)/t14-/m1/s1. The van der Waals surface area contributed by atoms with Gasteiger partial charge in [0.25, 0.3) is 0 Å². The molecule has 1 amide bonds. The molecule has 2 aromatic heterocycles. The van der Waals surface area contributed by atoms with Crippen molar-refractivity contribution in [2.24, 2.45) is 5.92 Å². The van der Waals surface area contributed by atoms with Crippen molar-refractivity contribution in [3.8, 4) is 11.3 Å². The quantitative estimate of drug-likeness (QED) is 0.805. The van der Waals surface area contributed by atoms with E-state index >= 15 is 0 Å². The first-order valence-electron chi connectivity index (χ1n) is 8.15. The monoisotopic (exact) mass is 321 g/mol. The molecule has 1 fully saturated rings. The molecule has 1 N–H and O–H groups in total. The number of rotatable bonds is 3. The van der Waals surface area contributed by atoms with Crippen molar-refractivity contribution in [1.82, 2.24) is 9.38 Å². The largest absolute Gasteiger partial charge is 0.381 e. The number of nitrogens with zero attached hydrogens (tertiary/aromatic N) is 2. The lowest BCUT2D eigenvalue weighted by Gasteiger charge is -2.12. The molecule has 0 unspecified atom stereocenters. The van der Waals surface area contributed by atoms with Gasteiger partial charge in [0.1, 0.15) is 5.65 Å². The second-order valence-corrected chi connectivity index (χ2v) is 6.14. The summed E-state index contributed by atoms with van der Waals surface area (Å²) in [5, 5.41) is 3.04. The lowest BCUT2D eigenvalue weighted by molar-refractivity contribution is -0.119. The van der Waals surface area contributed by atoms with Crippen LogP contribution in [0.5, 0.6) is 0 Å². The number of imidazole rings is 1. The zero-order valence-corrected chi connectivity index (χ0v) is 13.5. The Morgan fingerprint density at radius 2 is 2.17 bits per heavy atom. The third-order valence-electron chi connectivity index (χ3n) is 4.44. The van der Waals surface area contributed by atoms with Gasteiger partial charge >= 0.3 is 0 Å². The molecule has 0 saturated carbocycles. The van der Waals surface area contributed by atoms with E-state index in [4.69, 9.17) is 9.72 Å². The average Bonchev–Trinajstić information content (AvgIpc) is 3.26. The summed E-state index contributed by atoms with van der Waals surface area (Å²) in [5.41, 5.74) is 4.61. The predicted molar refractivity (Wildman–Crippen MR) is 92.9 cm³/mol. The second kappa shape index (κ2) is 6.09. The Morgan fingerprint density at radius 3 is 2.96 bits per heavy atom. The summed E-state index contributed by atoms with van der Waals surface area (Å²) in [6, 6.07) is 11.8. The summed E-state index contributed by atoms with van der Waals surface area (Å²) in [5.74, 6) is -0.0544. The molecule has 5 heteroatoms. The number of carbonyl (C=O) groups excluding carboxylic acids is 1. The normalized spacial score (nSPS) is 17.3. The van der Waals surface area contributed by atoms with Crippen LogP contribution in [0, 0.1) is 12.8 Å². The van der Waals surface area contributed by atoms with E-state index in [0.29, 0.717) is 13.2 Å². The fourth-order valence-corrected chi connectivity index (χ4v) is 3.07. The number of para-hydroxylation sites is 1. The summed E-state index contributed by atoms with van der Waals surface area (Å²) < 4.78 is 7.32. The van der Waals surface area contributed by atoms with Gasteiger partial charge in [0.2, 0.25) is 5.91 Å². The Hall–Kier alpha value is -2.66. The zero-order valence-electron chi connectivity index (χ0n) is 13.5. The van der Waals surface area contributed by atoms with Crippen LogP contribution in [0.1, 0.15) is 12.0 Å². The molecule has 1 aliphatic rings. The molecule has 1 atom stereocenters. The molecule has 1 aromatic carbocycles. The molecule has 3 heterocycles. The van der Waals surface area contributed by atoms with E-state index in [9.17, 15) is 4.79 Å². The molecule has 1 aliphatic heterocycles. The number of anilines is 1. The van der Waals surface area contributed by atoms with Gasteiger partial charge in [0, 0.05) is 24.6 Å². The highest BCUT2D eigenvalue weighted by atomic mass is 16.5. The Balaban J connectivity index is 1.69. The van der Waals surface area contributed by atoms with Crippen LogP contribution in [0.3, 0.4) is 0 Å². The highest BCUT2D eigenvalue weighted by molar-refractivity contribution is 5.96. The number of nitrogens with one attached hydrogen (secondary N) is 1. The minimum Gasteiger partial charge on any atom is -0.381 e. The van der Waals surface area contributed by atoms with Crippen molar-refractivity contribution in [3.63, 3.8) is 0 Å². The Morgan fingerprint density at radius 1 is 1.29 bits per heavy atom. The van der Waals surface area contributed by atoms with E-state index < -0.39 is 0 Å². The van der Waals surface area contributed by atoms with Crippen LogP contribution < -0.4 is 5.32 Å². The zero-order chi connectivity index (χ0) is 16.5. The van der Waals surface area contributed by atoms with Crippen LogP contribution in [0.2, 0.25) is 0 Å². The van der Waals surface area contributed by atoms with Crippen molar-refractivity contribution in [2.45, 2.75) is 13.3 Å². The van der Waals surface area contributed by atoms with Gasteiger partial charge in [0.15, 0.2) is 0 Å². The maximum absolute atomic E-state index is 12.4. The SMILES string of the molecule is Cc1cccn2cc(-c3ccccc3NC(=O)[C@@H]3CCOC3)nc12. The molecule has 0 spiro atoms. The maximum Gasteiger partial charge on any atom is 0.229 e. The van der Waals surface area contributed by atoms with E-state index in [1.54, 1.807) is 0 Å². The molecule has 4 rings (SSSR count). The van der Waals surface area contributed by atoms with Gasteiger partial charge in [-0.3, -0.25) is 4.79 Å². The number of benzene rings is 1. The van der Waals surface area contributed by atoms with Crippen LogP contribution in [-0.2, 0) is 9.53 Å². The molecular formula is C19H19N3O2. The minimum atomic E-state index is -0.0682. The van der Waals surface area contributed by atoms with E-state index in [-0.39, 0.29) is 11.8 Å².